The molecule has 0 saturated carbocycles. The maximum atomic E-state index is 12.9. The number of nitrogens with one attached hydrogen (secondary N) is 1. The number of aliphatic imine (C=N–C) groups is 1. The standard InChI is InChI=1S/C17H20F3N3O/c1-3-8-22-16(21-4-2)23-9-10-24-15(12-23)13-6-5-7-14(11-13)17(18,19)20/h1,5-7,11,15H,4,8-10,12H2,2H3,(H,21,22). The molecule has 130 valence electrons. The van der Waals surface area contributed by atoms with Gasteiger partial charge in [0.1, 0.15) is 12.6 Å². The number of ether oxygens (including phenoxy) is 1. The molecule has 4 nitrogen and oxygen atoms in total. The van der Waals surface area contributed by atoms with E-state index in [2.05, 4.69) is 16.2 Å². The summed E-state index contributed by atoms with van der Waals surface area (Å²) in [6, 6.07) is 5.25. The molecule has 1 aromatic rings. The smallest absolute Gasteiger partial charge is 0.370 e. The average Bonchev–Trinajstić information content (AvgIpc) is 2.58. The Morgan fingerprint density at radius 2 is 2.29 bits per heavy atom. The van der Waals surface area contributed by atoms with E-state index in [1.165, 1.54) is 6.07 Å². The second-order valence-electron chi connectivity index (χ2n) is 5.30. The Balaban J connectivity index is 2.17. The highest BCUT2D eigenvalue weighted by Crippen LogP contribution is 2.32. The van der Waals surface area contributed by atoms with Crippen LogP contribution in [0.15, 0.2) is 29.3 Å². The third-order valence-corrected chi connectivity index (χ3v) is 3.61. The van der Waals surface area contributed by atoms with Gasteiger partial charge >= 0.3 is 6.18 Å². The van der Waals surface area contributed by atoms with Gasteiger partial charge in [-0.1, -0.05) is 18.1 Å². The van der Waals surface area contributed by atoms with E-state index in [0.717, 1.165) is 12.1 Å². The quantitative estimate of drug-likeness (QED) is 0.523. The van der Waals surface area contributed by atoms with Crippen LogP contribution in [0.5, 0.6) is 0 Å². The minimum atomic E-state index is -4.37. The van der Waals surface area contributed by atoms with Crippen molar-refractivity contribution in [1.82, 2.24) is 10.2 Å². The molecule has 0 amide bonds. The molecule has 1 aliphatic heterocycles. The molecule has 0 bridgehead atoms. The zero-order valence-electron chi connectivity index (χ0n) is 13.4. The highest BCUT2D eigenvalue weighted by Gasteiger charge is 2.32. The Hall–Kier alpha value is -2.20. The van der Waals surface area contributed by atoms with E-state index in [1.54, 1.807) is 6.07 Å². The monoisotopic (exact) mass is 339 g/mol. The molecule has 7 heteroatoms. The molecule has 1 unspecified atom stereocenters. The van der Waals surface area contributed by atoms with Crippen molar-refractivity contribution in [3.05, 3.63) is 35.4 Å². The summed E-state index contributed by atoms with van der Waals surface area (Å²) in [4.78, 5) is 6.25. The summed E-state index contributed by atoms with van der Waals surface area (Å²) in [5, 5.41) is 3.14. The SMILES string of the molecule is C#CCN=C(NCC)N1CCOC(c2cccc(C(F)(F)F)c2)C1. The predicted molar refractivity (Wildman–Crippen MR) is 86.5 cm³/mol. The molecule has 1 saturated heterocycles. The van der Waals surface area contributed by atoms with Gasteiger partial charge in [-0.2, -0.15) is 13.2 Å². The number of rotatable bonds is 3. The Morgan fingerprint density at radius 1 is 1.50 bits per heavy atom. The number of benzene rings is 1. The van der Waals surface area contributed by atoms with E-state index in [1.807, 2.05) is 11.8 Å². The molecule has 0 spiro atoms. The first-order chi connectivity index (χ1) is 11.5. The Bertz CT molecular complexity index is 622. The summed E-state index contributed by atoms with van der Waals surface area (Å²) in [5.41, 5.74) is -0.170. The van der Waals surface area contributed by atoms with Crippen molar-refractivity contribution in [3.8, 4) is 12.3 Å². The van der Waals surface area contributed by atoms with Gasteiger partial charge in [-0.15, -0.1) is 6.42 Å². The molecule has 1 aliphatic rings. The molecular weight excluding hydrogens is 319 g/mol. The van der Waals surface area contributed by atoms with Crippen LogP contribution < -0.4 is 5.32 Å². The fourth-order valence-corrected chi connectivity index (χ4v) is 2.50. The third-order valence-electron chi connectivity index (χ3n) is 3.61. The number of guanidine groups is 1. The summed E-state index contributed by atoms with van der Waals surface area (Å²) in [7, 11) is 0. The van der Waals surface area contributed by atoms with E-state index >= 15 is 0 Å². The van der Waals surface area contributed by atoms with Gasteiger partial charge in [0.05, 0.1) is 18.7 Å². The average molecular weight is 339 g/mol. The second-order valence-corrected chi connectivity index (χ2v) is 5.30. The maximum Gasteiger partial charge on any atom is 0.416 e. The number of morpholine rings is 1. The molecule has 1 fully saturated rings. The first-order valence-electron chi connectivity index (χ1n) is 7.71. The molecule has 2 rings (SSSR count). The predicted octanol–water partition coefficient (Wildman–Crippen LogP) is 2.68. The topological polar surface area (TPSA) is 36.9 Å². The first-order valence-corrected chi connectivity index (χ1v) is 7.71. The van der Waals surface area contributed by atoms with Crippen LogP contribution in [0, 0.1) is 12.3 Å². The van der Waals surface area contributed by atoms with Gasteiger partial charge in [-0.05, 0) is 24.6 Å². The number of hydrogen-bond donors (Lipinski definition) is 1. The van der Waals surface area contributed by atoms with Crippen molar-refractivity contribution in [2.24, 2.45) is 4.99 Å². The fourth-order valence-electron chi connectivity index (χ4n) is 2.50. The van der Waals surface area contributed by atoms with E-state index < -0.39 is 17.8 Å². The summed E-state index contributed by atoms with van der Waals surface area (Å²) in [5.74, 6) is 3.10. The minimum absolute atomic E-state index is 0.244. The number of hydrogen-bond acceptors (Lipinski definition) is 2. The molecule has 1 atom stereocenters. The van der Waals surface area contributed by atoms with Gasteiger partial charge in [-0.3, -0.25) is 0 Å². The first kappa shape index (κ1) is 18.1. The lowest BCUT2D eigenvalue weighted by Crippen LogP contribution is -2.48. The summed E-state index contributed by atoms with van der Waals surface area (Å²) < 4.78 is 44.3. The number of terminal acetylenes is 1. The molecule has 1 heterocycles. The van der Waals surface area contributed by atoms with Crippen molar-refractivity contribution in [3.63, 3.8) is 0 Å². The van der Waals surface area contributed by atoms with Crippen LogP contribution >= 0.6 is 0 Å². The van der Waals surface area contributed by atoms with Crippen molar-refractivity contribution in [2.45, 2.75) is 19.2 Å². The van der Waals surface area contributed by atoms with Crippen LogP contribution in [-0.4, -0.2) is 43.6 Å². The normalized spacial score (nSPS) is 19.0. The van der Waals surface area contributed by atoms with Crippen LogP contribution in [0.1, 0.15) is 24.2 Å². The lowest BCUT2D eigenvalue weighted by atomic mass is 10.0. The Kier molecular flexibility index (Phi) is 6.10. The summed E-state index contributed by atoms with van der Waals surface area (Å²) >= 11 is 0. The molecular formula is C17H20F3N3O. The molecule has 0 aliphatic carbocycles. The molecule has 24 heavy (non-hydrogen) atoms. The number of nitrogens with zero attached hydrogens (tertiary/aromatic N) is 2. The fraction of sp³-hybridized carbons (Fsp3) is 0.471. The van der Waals surface area contributed by atoms with E-state index in [4.69, 9.17) is 11.2 Å². The van der Waals surface area contributed by atoms with E-state index in [0.29, 0.717) is 37.8 Å². The van der Waals surface area contributed by atoms with Gasteiger partial charge in [-0.25, -0.2) is 4.99 Å². The van der Waals surface area contributed by atoms with Crippen LogP contribution in [0.3, 0.4) is 0 Å². The number of halogens is 3. The molecule has 1 N–H and O–H groups in total. The summed E-state index contributed by atoms with van der Waals surface area (Å²) in [6.07, 6.45) is 0.428. The van der Waals surface area contributed by atoms with Crippen molar-refractivity contribution in [1.29, 1.82) is 0 Å². The van der Waals surface area contributed by atoms with Crippen LogP contribution in [0.25, 0.3) is 0 Å². The zero-order valence-corrected chi connectivity index (χ0v) is 13.4. The molecule has 0 radical (unpaired) electrons. The largest absolute Gasteiger partial charge is 0.416 e. The van der Waals surface area contributed by atoms with Gasteiger partial charge < -0.3 is 15.0 Å². The second kappa shape index (κ2) is 8.06. The highest BCUT2D eigenvalue weighted by molar-refractivity contribution is 5.80. The lowest BCUT2D eigenvalue weighted by molar-refractivity contribution is -0.137. The Morgan fingerprint density at radius 3 is 2.96 bits per heavy atom. The minimum Gasteiger partial charge on any atom is -0.370 e. The van der Waals surface area contributed by atoms with Gasteiger partial charge in [0, 0.05) is 13.1 Å². The van der Waals surface area contributed by atoms with Crippen LogP contribution in [-0.2, 0) is 10.9 Å². The third kappa shape index (κ3) is 4.65. The highest BCUT2D eigenvalue weighted by atomic mass is 19.4. The lowest BCUT2D eigenvalue weighted by Gasteiger charge is -2.35. The zero-order chi connectivity index (χ0) is 17.6. The number of alkyl halides is 3. The van der Waals surface area contributed by atoms with Crippen LogP contribution in [0.2, 0.25) is 0 Å². The van der Waals surface area contributed by atoms with Crippen LogP contribution in [0.4, 0.5) is 13.2 Å². The molecule has 1 aromatic carbocycles. The maximum absolute atomic E-state index is 12.9. The van der Waals surface area contributed by atoms with E-state index in [-0.39, 0.29) is 6.54 Å². The van der Waals surface area contributed by atoms with Gasteiger partial charge in [0.25, 0.3) is 0 Å². The Labute approximate surface area is 139 Å². The van der Waals surface area contributed by atoms with Crippen molar-refractivity contribution >= 4 is 5.96 Å². The summed E-state index contributed by atoms with van der Waals surface area (Å²) in [6.45, 7) is 4.28. The van der Waals surface area contributed by atoms with Crippen molar-refractivity contribution in [2.75, 3.05) is 32.8 Å². The van der Waals surface area contributed by atoms with E-state index in [9.17, 15) is 13.2 Å². The van der Waals surface area contributed by atoms with Gasteiger partial charge in [0.2, 0.25) is 0 Å². The van der Waals surface area contributed by atoms with Crippen molar-refractivity contribution < 1.29 is 17.9 Å². The van der Waals surface area contributed by atoms with Gasteiger partial charge in [0.15, 0.2) is 5.96 Å². The molecule has 0 aromatic heterocycles.